The largest absolute Gasteiger partial charge is 0.660 e. The van der Waals surface area contributed by atoms with E-state index in [4.69, 9.17) is 9.47 Å². The molecule has 0 bridgehead atoms. The molecule has 0 aliphatic heterocycles. The second-order valence-corrected chi connectivity index (χ2v) is 8.32. The molecule has 0 aliphatic carbocycles. The summed E-state index contributed by atoms with van der Waals surface area (Å²) >= 11 is 0. The van der Waals surface area contributed by atoms with Crippen LogP contribution >= 0.6 is 0 Å². The molecule has 2 unspecified atom stereocenters. The van der Waals surface area contributed by atoms with Crippen LogP contribution in [0.3, 0.4) is 0 Å². The van der Waals surface area contributed by atoms with Crippen LogP contribution in [0.4, 0.5) is 4.79 Å². The van der Waals surface area contributed by atoms with Crippen LogP contribution in [-0.2, 0) is 22.4 Å². The smallest absolute Gasteiger partial charge is 0.407 e. The fourth-order valence-electron chi connectivity index (χ4n) is 3.35. The van der Waals surface area contributed by atoms with Crippen molar-refractivity contribution in [3.8, 4) is 5.75 Å². The Balaban J connectivity index is 0.00000612. The van der Waals surface area contributed by atoms with E-state index >= 15 is 0 Å². The van der Waals surface area contributed by atoms with Crippen molar-refractivity contribution in [1.29, 1.82) is 0 Å². The van der Waals surface area contributed by atoms with Gasteiger partial charge in [0.2, 0.25) is 0 Å². The summed E-state index contributed by atoms with van der Waals surface area (Å²) in [7, 11) is 1.60. The Morgan fingerprint density at radius 2 is 1.71 bits per heavy atom. The molecular weight excluding hydrogens is 661 g/mol. The van der Waals surface area contributed by atoms with Crippen LogP contribution in [0.5, 0.6) is 5.75 Å². The standard InChI is InChI=1S/C26H36N3O5.Ac/c1-19(2)27-16-14-24(30)23(17-21-9-11-22(33-3)12-10-21)29-25(31)18-34-26(32)28-15-13-20-7-5-4-6-8-20;/h4-12,19,23-24,30H,13-18H2,1-3H3,(H,28,32)(H,29,31);/q-1;. The zero-order valence-electron chi connectivity index (χ0n) is 20.8. The van der Waals surface area contributed by atoms with Gasteiger partial charge < -0.3 is 30.5 Å². The van der Waals surface area contributed by atoms with Crippen LogP contribution in [-0.4, -0.2) is 62.1 Å². The summed E-state index contributed by atoms with van der Waals surface area (Å²) in [6.07, 6.45) is 0.0455. The van der Waals surface area contributed by atoms with Gasteiger partial charge in [0.15, 0.2) is 6.61 Å². The molecule has 0 aliphatic rings. The Hall–Kier alpha value is -1.66. The molecule has 0 spiro atoms. The number of nitrogens with zero attached hydrogens (tertiary/aromatic N) is 1. The molecule has 1 radical (unpaired) electrons. The molecule has 35 heavy (non-hydrogen) atoms. The first-order valence-corrected chi connectivity index (χ1v) is 11.6. The number of amides is 2. The minimum Gasteiger partial charge on any atom is -0.660 e. The SMILES string of the molecule is COc1ccc(CC(NC(=O)COC(=O)NCCc2ccccc2)C(O)CC[N-]C(C)C)cc1.[Ac]. The van der Waals surface area contributed by atoms with E-state index in [-0.39, 0.29) is 50.1 Å². The third kappa shape index (κ3) is 13.3. The van der Waals surface area contributed by atoms with Crippen LogP contribution in [0, 0.1) is 44.1 Å². The van der Waals surface area contributed by atoms with Crippen molar-refractivity contribution in [1.82, 2.24) is 10.6 Å². The van der Waals surface area contributed by atoms with Gasteiger partial charge in [-0.05, 0) is 42.5 Å². The second-order valence-electron chi connectivity index (χ2n) is 8.32. The molecule has 2 aromatic rings. The van der Waals surface area contributed by atoms with Crippen molar-refractivity contribution in [2.24, 2.45) is 0 Å². The monoisotopic (exact) mass is 697 g/mol. The number of aliphatic hydroxyl groups excluding tert-OH is 1. The van der Waals surface area contributed by atoms with Crippen LogP contribution in [0.25, 0.3) is 5.32 Å². The number of benzene rings is 2. The number of aliphatic hydroxyl groups is 1. The summed E-state index contributed by atoms with van der Waals surface area (Å²) in [6.45, 7) is 4.42. The first kappa shape index (κ1) is 31.4. The van der Waals surface area contributed by atoms with E-state index in [1.165, 1.54) is 0 Å². The van der Waals surface area contributed by atoms with Gasteiger partial charge in [-0.1, -0.05) is 56.3 Å². The van der Waals surface area contributed by atoms with Crippen molar-refractivity contribution >= 4 is 12.0 Å². The van der Waals surface area contributed by atoms with E-state index in [9.17, 15) is 14.7 Å². The minimum absolute atomic E-state index is 0. The van der Waals surface area contributed by atoms with Gasteiger partial charge in [0.05, 0.1) is 19.3 Å². The van der Waals surface area contributed by atoms with Gasteiger partial charge in [-0.2, -0.15) is 0 Å². The maximum absolute atomic E-state index is 12.5. The Kier molecular flexibility index (Phi) is 15.9. The summed E-state index contributed by atoms with van der Waals surface area (Å²) in [4.78, 5) is 24.4. The van der Waals surface area contributed by atoms with Crippen LogP contribution in [0.1, 0.15) is 31.4 Å². The molecule has 0 saturated carbocycles. The number of nitrogens with one attached hydrogen (secondary N) is 2. The third-order valence-corrected chi connectivity index (χ3v) is 5.20. The molecule has 2 atom stereocenters. The van der Waals surface area contributed by atoms with Gasteiger partial charge in [0.25, 0.3) is 5.91 Å². The molecule has 0 aromatic heterocycles. The molecule has 2 rings (SSSR count). The van der Waals surface area contributed by atoms with Gasteiger partial charge >= 0.3 is 6.09 Å². The van der Waals surface area contributed by atoms with Gasteiger partial charge in [-0.15, -0.1) is 12.6 Å². The van der Waals surface area contributed by atoms with E-state index in [0.29, 0.717) is 32.4 Å². The Labute approximate surface area is 244 Å². The maximum Gasteiger partial charge on any atom is 0.407 e. The van der Waals surface area contributed by atoms with Gasteiger partial charge in [-0.3, -0.25) is 4.79 Å². The maximum atomic E-state index is 12.5. The first-order valence-electron chi connectivity index (χ1n) is 11.6. The topological polar surface area (TPSA) is 111 Å². The van der Waals surface area contributed by atoms with Crippen molar-refractivity contribution in [3.63, 3.8) is 0 Å². The normalized spacial score (nSPS) is 12.3. The first-order chi connectivity index (χ1) is 16.4. The van der Waals surface area contributed by atoms with Crippen molar-refractivity contribution in [2.75, 3.05) is 26.8 Å². The fourth-order valence-corrected chi connectivity index (χ4v) is 3.35. The predicted octanol–water partition coefficient (Wildman–Crippen LogP) is 3.22. The van der Waals surface area contributed by atoms with Crippen LogP contribution in [0.15, 0.2) is 54.6 Å². The van der Waals surface area contributed by atoms with Crippen LogP contribution in [0.2, 0.25) is 0 Å². The van der Waals surface area contributed by atoms with E-state index in [0.717, 1.165) is 16.9 Å². The molecule has 3 N–H and O–H groups in total. The summed E-state index contributed by atoms with van der Waals surface area (Å²) in [5, 5.41) is 20.6. The number of alkyl carbamates (subject to hydrolysis) is 1. The van der Waals surface area contributed by atoms with Gasteiger partial charge in [0.1, 0.15) is 5.75 Å². The van der Waals surface area contributed by atoms with Gasteiger partial charge in [0, 0.05) is 50.6 Å². The fraction of sp³-hybridized carbons (Fsp3) is 0.462. The molecule has 2 aromatic carbocycles. The van der Waals surface area contributed by atoms with Crippen LogP contribution < -0.4 is 15.4 Å². The Morgan fingerprint density at radius 3 is 2.34 bits per heavy atom. The summed E-state index contributed by atoms with van der Waals surface area (Å²) in [6, 6.07) is 16.8. The second kappa shape index (κ2) is 17.7. The molecule has 9 heteroatoms. The third-order valence-electron chi connectivity index (χ3n) is 5.20. The Morgan fingerprint density at radius 1 is 1.03 bits per heavy atom. The number of hydrogen-bond acceptors (Lipinski definition) is 5. The van der Waals surface area contributed by atoms with E-state index in [2.05, 4.69) is 16.0 Å². The Bertz CT molecular complexity index is 865. The molecule has 2 amide bonds. The average molecular weight is 698 g/mol. The molecular formula is C26H36AcN3O5-. The summed E-state index contributed by atoms with van der Waals surface area (Å²) in [5.74, 6) is 0.254. The van der Waals surface area contributed by atoms with Crippen molar-refractivity contribution in [2.45, 2.75) is 51.3 Å². The van der Waals surface area contributed by atoms with Crippen molar-refractivity contribution < 1.29 is 68.2 Å². The molecule has 0 heterocycles. The van der Waals surface area contributed by atoms with E-state index in [1.54, 1.807) is 7.11 Å². The number of carbonyl (C=O) groups is 2. The van der Waals surface area contributed by atoms with Crippen molar-refractivity contribution in [3.05, 3.63) is 71.0 Å². The van der Waals surface area contributed by atoms with Gasteiger partial charge in [-0.25, -0.2) is 4.79 Å². The number of methoxy groups -OCH3 is 1. The quantitative estimate of drug-likeness (QED) is 0.281. The minimum atomic E-state index is -0.798. The predicted molar refractivity (Wildman–Crippen MR) is 132 cm³/mol. The zero-order valence-corrected chi connectivity index (χ0v) is 25.5. The summed E-state index contributed by atoms with van der Waals surface area (Å²) < 4.78 is 10.2. The molecule has 0 fully saturated rings. The number of rotatable bonds is 14. The average Bonchev–Trinajstić information content (AvgIpc) is 2.83. The number of hydrogen-bond donors (Lipinski definition) is 3. The molecule has 189 valence electrons. The van der Waals surface area contributed by atoms with E-state index in [1.807, 2.05) is 68.4 Å². The zero-order chi connectivity index (χ0) is 24.8. The molecule has 8 nitrogen and oxygen atoms in total. The van der Waals surface area contributed by atoms with E-state index < -0.39 is 30.8 Å². The molecule has 0 saturated heterocycles. The number of ether oxygens (including phenoxy) is 2. The number of carbonyl (C=O) groups excluding carboxylic acids is 2. The summed E-state index contributed by atoms with van der Waals surface area (Å²) in [5.41, 5.74) is 2.03.